The molecule has 0 amide bonds. The standard InChI is InChI=1S/C21H22N2O2.C2H6.CH3.Y/c1-3-18-20(24)19(17-12-8-7-9-15(17)2)21(25)23(22-18)14-13-16-10-5-4-6-11-16;1-2;;/h4-12,24H,3,13-14H2,1-2H3;1-2H3;1H3;/q;;-1;. The Morgan fingerprint density at radius 3 is 2.17 bits per heavy atom. The van der Waals surface area contributed by atoms with Gasteiger partial charge in [-0.2, -0.15) is 5.10 Å². The average molecular weight is 468 g/mol. The van der Waals surface area contributed by atoms with Gasteiger partial charge in [0.2, 0.25) is 0 Å². The first kappa shape index (κ1) is 27.2. The van der Waals surface area contributed by atoms with Crippen molar-refractivity contribution in [2.75, 3.05) is 0 Å². The topological polar surface area (TPSA) is 55.1 Å². The largest absolute Gasteiger partial charge is 0.505 e. The quantitative estimate of drug-likeness (QED) is 0.524. The first-order valence-electron chi connectivity index (χ1n) is 9.54. The fourth-order valence-corrected chi connectivity index (χ4v) is 2.98. The summed E-state index contributed by atoms with van der Waals surface area (Å²) in [6, 6.07) is 17.6. The molecule has 0 bridgehead atoms. The van der Waals surface area contributed by atoms with Gasteiger partial charge in [-0.15, -0.1) is 0 Å². The van der Waals surface area contributed by atoms with Gasteiger partial charge in [0.1, 0.15) is 5.69 Å². The Bertz CT molecular complexity index is 937. The van der Waals surface area contributed by atoms with Crippen LogP contribution in [-0.4, -0.2) is 14.9 Å². The van der Waals surface area contributed by atoms with Gasteiger partial charge in [-0.1, -0.05) is 75.4 Å². The van der Waals surface area contributed by atoms with Crippen molar-refractivity contribution < 1.29 is 37.8 Å². The Morgan fingerprint density at radius 1 is 1.00 bits per heavy atom. The molecule has 0 atom stereocenters. The maximum absolute atomic E-state index is 13.0. The molecule has 4 nitrogen and oxygen atoms in total. The Balaban J connectivity index is 0.00000190. The molecule has 0 unspecified atom stereocenters. The van der Waals surface area contributed by atoms with Crippen molar-refractivity contribution in [2.24, 2.45) is 0 Å². The number of aromatic hydroxyl groups is 1. The van der Waals surface area contributed by atoms with Crippen molar-refractivity contribution in [3.63, 3.8) is 0 Å². The third-order valence-corrected chi connectivity index (χ3v) is 4.40. The molecule has 0 spiro atoms. The van der Waals surface area contributed by atoms with E-state index < -0.39 is 0 Å². The molecule has 1 heterocycles. The third kappa shape index (κ3) is 6.62. The summed E-state index contributed by atoms with van der Waals surface area (Å²) in [5.41, 5.74) is 3.51. The molecule has 3 aromatic rings. The van der Waals surface area contributed by atoms with E-state index in [9.17, 15) is 9.90 Å². The van der Waals surface area contributed by atoms with Gasteiger partial charge < -0.3 is 12.5 Å². The summed E-state index contributed by atoms with van der Waals surface area (Å²) in [5.74, 6) is -0.00207. The van der Waals surface area contributed by atoms with Gasteiger partial charge >= 0.3 is 0 Å². The molecule has 1 N–H and O–H groups in total. The second-order valence-electron chi connectivity index (χ2n) is 6.10. The van der Waals surface area contributed by atoms with Crippen LogP contribution in [0.15, 0.2) is 59.4 Å². The molecule has 0 saturated carbocycles. The molecule has 1 radical (unpaired) electrons. The van der Waals surface area contributed by atoms with Gasteiger partial charge in [-0.05, 0) is 36.5 Å². The van der Waals surface area contributed by atoms with E-state index in [2.05, 4.69) is 5.10 Å². The van der Waals surface area contributed by atoms with Crippen molar-refractivity contribution in [1.29, 1.82) is 0 Å². The van der Waals surface area contributed by atoms with Crippen LogP contribution in [0.4, 0.5) is 0 Å². The Hall–Kier alpha value is -1.78. The molecule has 5 heteroatoms. The van der Waals surface area contributed by atoms with Crippen LogP contribution in [0.3, 0.4) is 0 Å². The first-order chi connectivity index (χ1) is 13.1. The minimum absolute atomic E-state index is 0. The predicted molar refractivity (Wildman–Crippen MR) is 118 cm³/mol. The van der Waals surface area contributed by atoms with E-state index in [1.165, 1.54) is 4.68 Å². The maximum atomic E-state index is 13.0. The molecule has 3 rings (SSSR count). The molecule has 0 fully saturated rings. The van der Waals surface area contributed by atoms with Crippen molar-refractivity contribution in [2.45, 2.75) is 47.1 Å². The number of benzene rings is 2. The smallest absolute Gasteiger partial charge is 0.278 e. The van der Waals surface area contributed by atoms with E-state index in [0.29, 0.717) is 24.2 Å². The number of hydrogen-bond donors (Lipinski definition) is 1. The van der Waals surface area contributed by atoms with Crippen molar-refractivity contribution in [3.8, 4) is 16.9 Å². The van der Waals surface area contributed by atoms with Crippen LogP contribution in [0.1, 0.15) is 37.6 Å². The summed E-state index contributed by atoms with van der Waals surface area (Å²) in [7, 11) is 0. The number of rotatable bonds is 5. The Labute approximate surface area is 199 Å². The van der Waals surface area contributed by atoms with Crippen molar-refractivity contribution in [3.05, 3.63) is 89.2 Å². The summed E-state index contributed by atoms with van der Waals surface area (Å²) >= 11 is 0. The van der Waals surface area contributed by atoms with Crippen LogP contribution < -0.4 is 5.56 Å². The molecular formula is C24H31N2O2Y-. The van der Waals surface area contributed by atoms with Gasteiger partial charge in [0.25, 0.3) is 5.56 Å². The second kappa shape index (κ2) is 13.4. The molecule has 2 aromatic carbocycles. The zero-order valence-corrected chi connectivity index (χ0v) is 21.0. The number of hydrogen-bond acceptors (Lipinski definition) is 3. The van der Waals surface area contributed by atoms with Gasteiger partial charge in [0.05, 0.1) is 5.56 Å². The number of aryl methyl sites for hydroxylation is 4. The summed E-state index contributed by atoms with van der Waals surface area (Å²) in [4.78, 5) is 13.0. The van der Waals surface area contributed by atoms with Gasteiger partial charge in [0.15, 0.2) is 5.75 Å². The summed E-state index contributed by atoms with van der Waals surface area (Å²) < 4.78 is 1.48. The van der Waals surface area contributed by atoms with Crippen LogP contribution in [-0.2, 0) is 52.1 Å². The molecule has 0 aliphatic carbocycles. The summed E-state index contributed by atoms with van der Waals surface area (Å²) in [6.07, 6.45) is 1.28. The number of aromatic nitrogens is 2. The van der Waals surface area contributed by atoms with Crippen LogP contribution in [0.2, 0.25) is 0 Å². The number of nitrogens with zero attached hydrogens (tertiary/aromatic N) is 2. The van der Waals surface area contributed by atoms with E-state index in [-0.39, 0.29) is 51.4 Å². The van der Waals surface area contributed by atoms with Crippen LogP contribution in [0.5, 0.6) is 5.75 Å². The molecule has 153 valence electrons. The van der Waals surface area contributed by atoms with E-state index in [1.54, 1.807) is 0 Å². The van der Waals surface area contributed by atoms with Gasteiger partial charge in [-0.25, -0.2) is 4.68 Å². The van der Waals surface area contributed by atoms with Crippen molar-refractivity contribution in [1.82, 2.24) is 9.78 Å². The zero-order chi connectivity index (χ0) is 19.8. The van der Waals surface area contributed by atoms with Crippen LogP contribution in [0.25, 0.3) is 11.1 Å². The Kier molecular flexibility index (Phi) is 12.6. The van der Waals surface area contributed by atoms with E-state index in [4.69, 9.17) is 0 Å². The fraction of sp³-hybridized carbons (Fsp3) is 0.292. The predicted octanol–water partition coefficient (Wildman–Crippen LogP) is 5.20. The molecule has 0 saturated heterocycles. The first-order valence-corrected chi connectivity index (χ1v) is 9.54. The van der Waals surface area contributed by atoms with Gasteiger partial charge in [0, 0.05) is 39.3 Å². The summed E-state index contributed by atoms with van der Waals surface area (Å²) in [5, 5.41) is 15.0. The SMILES string of the molecule is CC.CCc1nn(CCc2ccccc2)c(=O)c(-c2ccccc2C)c1O.[CH3-].[Y]. The normalized spacial score (nSPS) is 9.52. The molecule has 0 aliphatic heterocycles. The average Bonchev–Trinajstić information content (AvgIpc) is 2.71. The van der Waals surface area contributed by atoms with Crippen LogP contribution >= 0.6 is 0 Å². The zero-order valence-electron chi connectivity index (χ0n) is 18.1. The molecule has 0 aliphatic rings. The van der Waals surface area contributed by atoms with Crippen molar-refractivity contribution >= 4 is 0 Å². The minimum Gasteiger partial charge on any atom is -0.505 e. The molecular weight excluding hydrogens is 437 g/mol. The monoisotopic (exact) mass is 468 g/mol. The van der Waals surface area contributed by atoms with E-state index >= 15 is 0 Å². The van der Waals surface area contributed by atoms with E-state index in [1.807, 2.05) is 82.3 Å². The van der Waals surface area contributed by atoms with E-state index in [0.717, 1.165) is 23.1 Å². The second-order valence-corrected chi connectivity index (χ2v) is 6.10. The van der Waals surface area contributed by atoms with Gasteiger partial charge in [-0.3, -0.25) is 4.79 Å². The minimum atomic E-state index is -0.250. The fourth-order valence-electron chi connectivity index (χ4n) is 2.98. The molecule has 29 heavy (non-hydrogen) atoms. The summed E-state index contributed by atoms with van der Waals surface area (Å²) in [6.45, 7) is 8.35. The maximum Gasteiger partial charge on any atom is 0.278 e. The third-order valence-electron chi connectivity index (χ3n) is 4.40. The Morgan fingerprint density at radius 2 is 1.59 bits per heavy atom. The molecule has 1 aromatic heterocycles. The van der Waals surface area contributed by atoms with Crippen LogP contribution in [0, 0.1) is 14.4 Å².